The van der Waals surface area contributed by atoms with Crippen LogP contribution in [0.15, 0.2) is 18.2 Å². The molecule has 5 nitrogen and oxygen atoms in total. The van der Waals surface area contributed by atoms with Crippen LogP contribution in [-0.2, 0) is 0 Å². The van der Waals surface area contributed by atoms with Gasteiger partial charge in [-0.25, -0.2) is 14.7 Å². The van der Waals surface area contributed by atoms with E-state index in [2.05, 4.69) is 9.97 Å². The Morgan fingerprint density at radius 3 is 2.76 bits per heavy atom. The molecule has 0 atom stereocenters. The second-order valence-corrected chi connectivity index (χ2v) is 4.33. The van der Waals surface area contributed by atoms with Crippen molar-refractivity contribution in [3.8, 4) is 0 Å². The van der Waals surface area contributed by atoms with Gasteiger partial charge in [0, 0.05) is 6.04 Å². The van der Waals surface area contributed by atoms with Gasteiger partial charge in [0.05, 0.1) is 11.0 Å². The van der Waals surface area contributed by atoms with Crippen LogP contribution in [0.1, 0.15) is 19.4 Å². The van der Waals surface area contributed by atoms with E-state index in [1.165, 1.54) is 4.90 Å². The molecule has 0 unspecified atom stereocenters. The number of hydrogen-bond acceptors (Lipinski definition) is 2. The number of amides is 1. The quantitative estimate of drug-likeness (QED) is 0.837. The number of aryl methyl sites for hydroxylation is 1. The van der Waals surface area contributed by atoms with Crippen LogP contribution in [0.5, 0.6) is 0 Å². The minimum Gasteiger partial charge on any atom is -0.465 e. The van der Waals surface area contributed by atoms with Crippen LogP contribution in [0.3, 0.4) is 0 Å². The Balaban J connectivity index is 2.51. The predicted molar refractivity (Wildman–Crippen MR) is 66.5 cm³/mol. The number of rotatable bonds is 2. The molecule has 2 aromatic rings. The molecule has 5 heteroatoms. The Kier molecular flexibility index (Phi) is 2.75. The van der Waals surface area contributed by atoms with Crippen molar-refractivity contribution in [2.45, 2.75) is 26.8 Å². The third-order valence-electron chi connectivity index (χ3n) is 2.58. The van der Waals surface area contributed by atoms with Gasteiger partial charge in [-0.1, -0.05) is 6.07 Å². The van der Waals surface area contributed by atoms with Crippen molar-refractivity contribution in [3.05, 3.63) is 23.8 Å². The van der Waals surface area contributed by atoms with Crippen molar-refractivity contribution in [1.29, 1.82) is 0 Å². The standard InChI is InChI=1S/C12H15N3O2/c1-7(2)15(12(16)17)11-13-9-5-4-8(3)6-10(9)14-11/h4-7H,1-3H3,(H,13,14)(H,16,17). The second kappa shape index (κ2) is 4.08. The molecular weight excluding hydrogens is 218 g/mol. The molecule has 0 spiro atoms. The highest BCUT2D eigenvalue weighted by atomic mass is 16.4. The second-order valence-electron chi connectivity index (χ2n) is 4.33. The minimum atomic E-state index is -1.00. The van der Waals surface area contributed by atoms with Crippen LogP contribution < -0.4 is 4.90 Å². The van der Waals surface area contributed by atoms with Crippen LogP contribution in [-0.4, -0.2) is 27.2 Å². The molecule has 90 valence electrons. The fourth-order valence-corrected chi connectivity index (χ4v) is 1.78. The molecular formula is C12H15N3O2. The summed E-state index contributed by atoms with van der Waals surface area (Å²) in [6.45, 7) is 5.61. The van der Waals surface area contributed by atoms with Gasteiger partial charge in [-0.15, -0.1) is 0 Å². The van der Waals surface area contributed by atoms with E-state index in [1.807, 2.05) is 39.0 Å². The molecule has 1 amide bonds. The Morgan fingerprint density at radius 2 is 2.18 bits per heavy atom. The molecule has 1 aromatic heterocycles. The van der Waals surface area contributed by atoms with E-state index in [0.29, 0.717) is 5.95 Å². The summed E-state index contributed by atoms with van der Waals surface area (Å²) >= 11 is 0. The van der Waals surface area contributed by atoms with Crippen molar-refractivity contribution >= 4 is 23.1 Å². The van der Waals surface area contributed by atoms with Crippen molar-refractivity contribution in [3.63, 3.8) is 0 Å². The summed E-state index contributed by atoms with van der Waals surface area (Å²) < 4.78 is 0. The molecule has 1 heterocycles. The predicted octanol–water partition coefficient (Wildman–Crippen LogP) is 2.76. The molecule has 0 fully saturated rings. The smallest absolute Gasteiger partial charge is 0.414 e. The van der Waals surface area contributed by atoms with Gasteiger partial charge in [0.1, 0.15) is 0 Å². The maximum atomic E-state index is 11.2. The van der Waals surface area contributed by atoms with Crippen LogP contribution in [0.4, 0.5) is 10.7 Å². The number of nitrogens with one attached hydrogen (secondary N) is 1. The fourth-order valence-electron chi connectivity index (χ4n) is 1.78. The van der Waals surface area contributed by atoms with Gasteiger partial charge in [0.2, 0.25) is 5.95 Å². The molecule has 0 aliphatic rings. The fraction of sp³-hybridized carbons (Fsp3) is 0.333. The first-order valence-corrected chi connectivity index (χ1v) is 5.47. The number of carboxylic acid groups (broad SMARTS) is 1. The summed E-state index contributed by atoms with van der Waals surface area (Å²) in [6, 6.07) is 5.62. The number of imidazole rings is 1. The molecule has 0 aliphatic carbocycles. The lowest BCUT2D eigenvalue weighted by atomic mass is 10.2. The number of anilines is 1. The summed E-state index contributed by atoms with van der Waals surface area (Å²) in [6.07, 6.45) is -1.00. The lowest BCUT2D eigenvalue weighted by Gasteiger charge is -2.19. The molecule has 1 aromatic carbocycles. The van der Waals surface area contributed by atoms with Crippen LogP contribution >= 0.6 is 0 Å². The van der Waals surface area contributed by atoms with E-state index in [-0.39, 0.29) is 6.04 Å². The SMILES string of the molecule is Cc1ccc2nc(N(C(=O)O)C(C)C)[nH]c2c1. The number of fused-ring (bicyclic) bond motifs is 1. The van der Waals surface area contributed by atoms with Gasteiger partial charge >= 0.3 is 6.09 Å². The summed E-state index contributed by atoms with van der Waals surface area (Å²) in [7, 11) is 0. The molecule has 2 rings (SSSR count). The zero-order chi connectivity index (χ0) is 12.6. The summed E-state index contributed by atoms with van der Waals surface area (Å²) in [4.78, 5) is 19.7. The molecule has 0 radical (unpaired) electrons. The Labute approximate surface area is 99.1 Å². The van der Waals surface area contributed by atoms with Crippen LogP contribution in [0.2, 0.25) is 0 Å². The largest absolute Gasteiger partial charge is 0.465 e. The highest BCUT2D eigenvalue weighted by Gasteiger charge is 2.21. The first-order chi connectivity index (χ1) is 7.99. The van der Waals surface area contributed by atoms with Gasteiger partial charge in [0.15, 0.2) is 0 Å². The average molecular weight is 233 g/mol. The number of aromatic nitrogens is 2. The van der Waals surface area contributed by atoms with E-state index in [1.54, 1.807) is 0 Å². The number of H-pyrrole nitrogens is 1. The highest BCUT2D eigenvalue weighted by Crippen LogP contribution is 2.20. The number of aromatic amines is 1. The molecule has 0 saturated carbocycles. The van der Waals surface area contributed by atoms with Crippen LogP contribution in [0.25, 0.3) is 11.0 Å². The molecule has 2 N–H and O–H groups in total. The van der Waals surface area contributed by atoms with E-state index < -0.39 is 6.09 Å². The lowest BCUT2D eigenvalue weighted by Crippen LogP contribution is -2.36. The van der Waals surface area contributed by atoms with E-state index in [4.69, 9.17) is 5.11 Å². The number of benzene rings is 1. The Hall–Kier alpha value is -2.04. The first kappa shape index (κ1) is 11.4. The van der Waals surface area contributed by atoms with Crippen molar-refractivity contribution in [2.75, 3.05) is 4.90 Å². The average Bonchev–Trinajstić information content (AvgIpc) is 2.58. The third-order valence-corrected chi connectivity index (χ3v) is 2.58. The summed E-state index contributed by atoms with van der Waals surface area (Å²) in [5.74, 6) is 0.369. The number of hydrogen-bond donors (Lipinski definition) is 2. The molecule has 17 heavy (non-hydrogen) atoms. The first-order valence-electron chi connectivity index (χ1n) is 5.47. The highest BCUT2D eigenvalue weighted by molar-refractivity contribution is 5.87. The summed E-state index contributed by atoms with van der Waals surface area (Å²) in [5, 5.41) is 9.14. The Bertz CT molecular complexity index is 560. The normalized spacial score (nSPS) is 11.1. The maximum absolute atomic E-state index is 11.2. The lowest BCUT2D eigenvalue weighted by molar-refractivity contribution is 0.199. The van der Waals surface area contributed by atoms with Gasteiger partial charge in [-0.2, -0.15) is 0 Å². The van der Waals surface area contributed by atoms with Crippen molar-refractivity contribution < 1.29 is 9.90 Å². The van der Waals surface area contributed by atoms with Crippen molar-refractivity contribution in [1.82, 2.24) is 9.97 Å². The van der Waals surface area contributed by atoms with Gasteiger partial charge in [-0.3, -0.25) is 0 Å². The summed E-state index contributed by atoms with van der Waals surface area (Å²) in [5.41, 5.74) is 2.74. The van der Waals surface area contributed by atoms with E-state index >= 15 is 0 Å². The third kappa shape index (κ3) is 2.08. The van der Waals surface area contributed by atoms with Crippen molar-refractivity contribution in [2.24, 2.45) is 0 Å². The topological polar surface area (TPSA) is 69.2 Å². The minimum absolute atomic E-state index is 0.158. The zero-order valence-electron chi connectivity index (χ0n) is 10.1. The van der Waals surface area contributed by atoms with E-state index in [9.17, 15) is 4.79 Å². The maximum Gasteiger partial charge on any atom is 0.414 e. The van der Waals surface area contributed by atoms with Gasteiger partial charge in [0.25, 0.3) is 0 Å². The Morgan fingerprint density at radius 1 is 1.47 bits per heavy atom. The number of carbonyl (C=O) groups is 1. The zero-order valence-corrected chi connectivity index (χ0v) is 10.1. The monoisotopic (exact) mass is 233 g/mol. The number of nitrogens with zero attached hydrogens (tertiary/aromatic N) is 2. The van der Waals surface area contributed by atoms with E-state index in [0.717, 1.165) is 16.6 Å². The van der Waals surface area contributed by atoms with Gasteiger partial charge in [-0.05, 0) is 38.5 Å². The molecule has 0 aliphatic heterocycles. The molecule has 0 bridgehead atoms. The van der Waals surface area contributed by atoms with Gasteiger partial charge < -0.3 is 10.1 Å². The van der Waals surface area contributed by atoms with Crippen LogP contribution in [0, 0.1) is 6.92 Å². The molecule has 0 saturated heterocycles.